The van der Waals surface area contributed by atoms with Crippen LogP contribution in [0.3, 0.4) is 0 Å². The van der Waals surface area contributed by atoms with E-state index in [-0.39, 0.29) is 0 Å². The minimum atomic E-state index is -0.420. The van der Waals surface area contributed by atoms with Gasteiger partial charge < -0.3 is 9.30 Å². The van der Waals surface area contributed by atoms with Crippen LogP contribution in [-0.4, -0.2) is 23.7 Å². The van der Waals surface area contributed by atoms with Gasteiger partial charge in [0.05, 0.1) is 26.7 Å². The fraction of sp³-hybridized carbons (Fsp3) is 0.250. The van der Waals surface area contributed by atoms with Crippen molar-refractivity contribution < 1.29 is 9.53 Å². The molecule has 0 saturated heterocycles. The molecule has 0 spiro atoms. The van der Waals surface area contributed by atoms with E-state index in [1.165, 1.54) is 17.4 Å². The number of amides is 1. The number of carbonyl (C=O) groups is 1. The Bertz CT molecular complexity index is 991. The predicted molar refractivity (Wildman–Crippen MR) is 106 cm³/mol. The molecule has 0 radical (unpaired) electrons. The van der Waals surface area contributed by atoms with E-state index in [0.29, 0.717) is 43.8 Å². The van der Waals surface area contributed by atoms with E-state index in [1.807, 2.05) is 29.7 Å². The maximum Gasteiger partial charge on any atom is 0.282 e. The highest BCUT2D eigenvalue weighted by Crippen LogP contribution is 2.31. The number of hydrogen-bond acceptors (Lipinski definition) is 4. The lowest BCUT2D eigenvalue weighted by Gasteiger charge is -2.05. The van der Waals surface area contributed by atoms with Gasteiger partial charge in [0.1, 0.15) is 4.34 Å². The smallest absolute Gasteiger partial charge is 0.282 e. The summed E-state index contributed by atoms with van der Waals surface area (Å²) in [5, 5.41) is 0.635. The quantitative estimate of drug-likeness (QED) is 0.496. The van der Waals surface area contributed by atoms with Crippen molar-refractivity contribution in [3.63, 3.8) is 0 Å². The van der Waals surface area contributed by atoms with Crippen LogP contribution in [0.25, 0.3) is 10.2 Å². The average Bonchev–Trinajstić information content (AvgIpc) is 3.07. The molecule has 0 fully saturated rings. The molecule has 0 atom stereocenters. The number of fused-ring (bicyclic) bond motifs is 1. The molecule has 0 N–H and O–H groups in total. The van der Waals surface area contributed by atoms with Crippen molar-refractivity contribution in [1.29, 1.82) is 0 Å². The maximum atomic E-state index is 12.5. The molecule has 3 aromatic rings. The minimum Gasteiger partial charge on any atom is -0.380 e. The normalized spacial score (nSPS) is 12.2. The van der Waals surface area contributed by atoms with E-state index in [1.54, 1.807) is 0 Å². The molecule has 2 heterocycles. The molecule has 132 valence electrons. The fourth-order valence-corrected chi connectivity index (χ4v) is 5.06. The predicted octanol–water partition coefficient (Wildman–Crippen LogP) is 5.50. The van der Waals surface area contributed by atoms with Gasteiger partial charge in [-0.05, 0) is 31.2 Å². The Morgan fingerprint density at radius 1 is 1.24 bits per heavy atom. The topological polar surface area (TPSA) is 43.6 Å². The van der Waals surface area contributed by atoms with E-state index < -0.39 is 5.91 Å². The summed E-state index contributed by atoms with van der Waals surface area (Å²) < 4.78 is 9.13. The summed E-state index contributed by atoms with van der Waals surface area (Å²) in [6.45, 7) is 3.67. The molecule has 9 heteroatoms. The number of halogens is 3. The zero-order chi connectivity index (χ0) is 18.0. The number of benzene rings is 1. The Kier molecular flexibility index (Phi) is 6.20. The van der Waals surface area contributed by atoms with Gasteiger partial charge >= 0.3 is 0 Å². The van der Waals surface area contributed by atoms with Gasteiger partial charge in [0.2, 0.25) is 0 Å². The second-order valence-electron chi connectivity index (χ2n) is 5.00. The molecule has 0 unspecified atom stereocenters. The molecule has 2 aromatic heterocycles. The lowest BCUT2D eigenvalue weighted by atomic mass is 10.3. The van der Waals surface area contributed by atoms with Crippen LogP contribution in [0.1, 0.15) is 17.3 Å². The van der Waals surface area contributed by atoms with Gasteiger partial charge in [0, 0.05) is 18.2 Å². The summed E-state index contributed by atoms with van der Waals surface area (Å²) in [5.74, 6) is -0.420. The third-order valence-corrected chi connectivity index (χ3v) is 6.16. The molecule has 1 aromatic carbocycles. The highest BCUT2D eigenvalue weighted by Gasteiger charge is 2.15. The van der Waals surface area contributed by atoms with Gasteiger partial charge in [-0.2, -0.15) is 4.99 Å². The van der Waals surface area contributed by atoms with Crippen LogP contribution in [0.15, 0.2) is 29.3 Å². The fourth-order valence-electron chi connectivity index (χ4n) is 2.28. The first-order chi connectivity index (χ1) is 12.0. The minimum absolute atomic E-state index is 0.309. The van der Waals surface area contributed by atoms with Crippen molar-refractivity contribution in [2.75, 3.05) is 13.2 Å². The van der Waals surface area contributed by atoms with Gasteiger partial charge in [0.15, 0.2) is 4.80 Å². The summed E-state index contributed by atoms with van der Waals surface area (Å²) in [7, 11) is 0. The third kappa shape index (κ3) is 4.27. The summed E-state index contributed by atoms with van der Waals surface area (Å²) in [6, 6.07) is 7.12. The van der Waals surface area contributed by atoms with Crippen LogP contribution >= 0.6 is 57.5 Å². The molecule has 0 saturated carbocycles. The van der Waals surface area contributed by atoms with Crippen molar-refractivity contribution in [2.45, 2.75) is 13.5 Å². The number of nitrogens with zero attached hydrogens (tertiary/aromatic N) is 2. The summed E-state index contributed by atoms with van der Waals surface area (Å²) in [4.78, 5) is 17.3. The largest absolute Gasteiger partial charge is 0.380 e. The summed E-state index contributed by atoms with van der Waals surface area (Å²) in [5.41, 5.74) is 1.26. The maximum absolute atomic E-state index is 12.5. The van der Waals surface area contributed by atoms with Crippen LogP contribution in [0.4, 0.5) is 0 Å². The highest BCUT2D eigenvalue weighted by molar-refractivity contribution is 7.20. The molecular formula is C16H13Cl3N2O2S2. The van der Waals surface area contributed by atoms with Crippen LogP contribution in [0, 0.1) is 0 Å². The van der Waals surface area contributed by atoms with E-state index in [0.717, 1.165) is 21.6 Å². The Morgan fingerprint density at radius 2 is 2.04 bits per heavy atom. The Hall–Kier alpha value is -0.890. The van der Waals surface area contributed by atoms with Gasteiger partial charge in [-0.3, -0.25) is 4.79 Å². The zero-order valence-corrected chi connectivity index (χ0v) is 17.0. The molecule has 0 aliphatic carbocycles. The number of thiophene rings is 1. The van der Waals surface area contributed by atoms with Crippen molar-refractivity contribution in [3.05, 3.63) is 48.3 Å². The Balaban J connectivity index is 2.08. The molecule has 1 amide bonds. The number of thiazole rings is 1. The standard InChI is InChI=1S/C16H13Cl3N2O2S2/c1-2-23-6-5-21-11-4-3-9(17)7-12(11)24-16(21)20-15(22)10-8-13(18)25-14(10)19/h3-4,7-8H,2,5-6H2,1H3. The summed E-state index contributed by atoms with van der Waals surface area (Å²) >= 11 is 20.6. The van der Waals surface area contributed by atoms with Crippen LogP contribution in [-0.2, 0) is 11.3 Å². The molecular weight excluding hydrogens is 423 g/mol. The molecule has 3 rings (SSSR count). The first-order valence-corrected chi connectivity index (χ1v) is 10.2. The summed E-state index contributed by atoms with van der Waals surface area (Å²) in [6.07, 6.45) is 0. The third-order valence-electron chi connectivity index (χ3n) is 3.39. The SMILES string of the molecule is CCOCCn1c(=NC(=O)c2cc(Cl)sc2Cl)sc2cc(Cl)ccc21. The number of hydrogen-bond donors (Lipinski definition) is 0. The number of carbonyl (C=O) groups excluding carboxylic acids is 1. The molecule has 0 aliphatic rings. The first kappa shape index (κ1) is 18.9. The zero-order valence-electron chi connectivity index (χ0n) is 13.1. The second kappa shape index (κ2) is 8.20. The molecule has 0 aliphatic heterocycles. The van der Waals surface area contributed by atoms with Crippen LogP contribution in [0.5, 0.6) is 0 Å². The number of rotatable bonds is 5. The van der Waals surface area contributed by atoms with Crippen LogP contribution < -0.4 is 4.80 Å². The van der Waals surface area contributed by atoms with Gasteiger partial charge in [0.25, 0.3) is 5.91 Å². The highest BCUT2D eigenvalue weighted by atomic mass is 35.5. The lowest BCUT2D eigenvalue weighted by Crippen LogP contribution is -2.19. The first-order valence-electron chi connectivity index (χ1n) is 7.40. The van der Waals surface area contributed by atoms with Crippen LogP contribution in [0.2, 0.25) is 13.7 Å². The van der Waals surface area contributed by atoms with E-state index in [9.17, 15) is 4.79 Å². The van der Waals surface area contributed by atoms with Crippen molar-refractivity contribution >= 4 is 73.6 Å². The number of aromatic nitrogens is 1. The van der Waals surface area contributed by atoms with Gasteiger partial charge in [-0.25, -0.2) is 0 Å². The average molecular weight is 436 g/mol. The molecule has 25 heavy (non-hydrogen) atoms. The molecule has 0 bridgehead atoms. The van der Waals surface area contributed by atoms with Crippen molar-refractivity contribution in [1.82, 2.24) is 4.57 Å². The van der Waals surface area contributed by atoms with Crippen molar-refractivity contribution in [3.8, 4) is 0 Å². The van der Waals surface area contributed by atoms with E-state index in [4.69, 9.17) is 39.5 Å². The molecule has 4 nitrogen and oxygen atoms in total. The van der Waals surface area contributed by atoms with E-state index in [2.05, 4.69) is 4.99 Å². The monoisotopic (exact) mass is 434 g/mol. The van der Waals surface area contributed by atoms with Crippen molar-refractivity contribution in [2.24, 2.45) is 4.99 Å². The van der Waals surface area contributed by atoms with E-state index >= 15 is 0 Å². The Labute approximate surface area is 167 Å². The lowest BCUT2D eigenvalue weighted by molar-refractivity contribution is 0.0997. The van der Waals surface area contributed by atoms with Gasteiger partial charge in [-0.15, -0.1) is 11.3 Å². The Morgan fingerprint density at radius 3 is 2.72 bits per heavy atom. The number of ether oxygens (including phenoxy) is 1. The second-order valence-corrected chi connectivity index (χ2v) is 8.73. The van der Waals surface area contributed by atoms with Gasteiger partial charge in [-0.1, -0.05) is 46.1 Å².